The van der Waals surface area contributed by atoms with E-state index in [1.807, 2.05) is 62.4 Å². The molecule has 12 rings (SSSR count). The van der Waals surface area contributed by atoms with Crippen LogP contribution >= 0.6 is 11.8 Å². The lowest BCUT2D eigenvalue weighted by Gasteiger charge is -2.49. The molecular formula is C62H47N3S. The Kier molecular flexibility index (Phi) is 10.4. The van der Waals surface area contributed by atoms with Crippen LogP contribution in [0.25, 0.3) is 27.8 Å². The second-order valence-corrected chi connectivity index (χ2v) is 17.6. The number of hydrogen-bond donors (Lipinski definition) is 0. The standard InChI is InChI=1S/C60H41N3S.C2H6/c1-39-19-17-18-36-64-56-43(39)34-35-47-46-33-32-40(38-62-58(42-22-7-4-8-23-42)63-57(61-2)41-20-5-3-6-21-41)37-54(46)60(55(47)56)52-30-15-13-28-50(52)59(51-29-14-16-31-53(51)60)48-26-11-9-24-44(48)45-25-10-12-27-49(45)59;1-2/h3-37H,1-2,38H2;1-2H3/b19-17-,36-18-,62-58?,63-57?;. The lowest BCUT2D eigenvalue weighted by atomic mass is 9.52. The van der Waals surface area contributed by atoms with Crippen LogP contribution in [0.4, 0.5) is 0 Å². The smallest absolute Gasteiger partial charge is 0.161 e. The number of aliphatic imine (C=N–C) groups is 3. The van der Waals surface area contributed by atoms with Crippen LogP contribution in [0.5, 0.6) is 0 Å². The number of fused-ring (bicyclic) bond motifs is 18. The third-order valence-corrected chi connectivity index (χ3v) is 14.5. The first kappa shape index (κ1) is 41.1. The summed E-state index contributed by atoms with van der Waals surface area (Å²) in [6, 6.07) is 68.5. The predicted molar refractivity (Wildman–Crippen MR) is 278 cm³/mol. The fraction of sp³-hybridized carbons (Fsp3) is 0.0806. The molecule has 1 heterocycles. The minimum Gasteiger partial charge on any atom is -0.261 e. The minimum atomic E-state index is -0.682. The van der Waals surface area contributed by atoms with E-state index in [0.717, 1.165) is 27.8 Å². The van der Waals surface area contributed by atoms with Crippen molar-refractivity contribution >= 4 is 35.7 Å². The number of allylic oxidation sites excluding steroid dienone is 4. The highest BCUT2D eigenvalue weighted by molar-refractivity contribution is 8.02. The molecule has 66 heavy (non-hydrogen) atoms. The Bertz CT molecular complexity index is 3280. The lowest BCUT2D eigenvalue weighted by molar-refractivity contribution is 0.626. The molecule has 0 saturated heterocycles. The molecule has 4 heteroatoms. The molecule has 0 aromatic heterocycles. The van der Waals surface area contributed by atoms with Gasteiger partial charge in [0.15, 0.2) is 11.7 Å². The number of rotatable bonds is 4. The number of hydrogen-bond acceptors (Lipinski definition) is 2. The largest absolute Gasteiger partial charge is 0.261 e. The SMILES string of the molecule is C=NC(=NC(=NCc1ccc2c(c1)C1(c3ccccc3C3(c4ccccc4-c4ccccc43)c3ccccc31)c1c-2ccc2c1S/C=C\C=C/C2=C)c1ccccc1)c1ccccc1.CC. The Hall–Kier alpha value is -7.66. The van der Waals surface area contributed by atoms with Crippen molar-refractivity contribution in [2.24, 2.45) is 15.0 Å². The maximum Gasteiger partial charge on any atom is 0.161 e. The van der Waals surface area contributed by atoms with Gasteiger partial charge in [0.05, 0.1) is 17.4 Å². The van der Waals surface area contributed by atoms with E-state index < -0.39 is 10.8 Å². The van der Waals surface area contributed by atoms with E-state index >= 15 is 0 Å². The average Bonchev–Trinajstić information content (AvgIpc) is 3.84. The summed E-state index contributed by atoms with van der Waals surface area (Å²) in [6.45, 7) is 12.9. The minimum absolute atomic E-state index is 0.415. The summed E-state index contributed by atoms with van der Waals surface area (Å²) in [7, 11) is 0. The van der Waals surface area contributed by atoms with Crippen LogP contribution < -0.4 is 0 Å². The summed E-state index contributed by atoms with van der Waals surface area (Å²) in [4.78, 5) is 16.0. The number of amidine groups is 2. The highest BCUT2D eigenvalue weighted by Crippen LogP contribution is 2.68. The first-order valence-corrected chi connectivity index (χ1v) is 23.6. The molecule has 0 bridgehead atoms. The van der Waals surface area contributed by atoms with Crippen molar-refractivity contribution in [3.63, 3.8) is 0 Å². The maximum atomic E-state index is 5.29. The van der Waals surface area contributed by atoms with Crippen molar-refractivity contribution in [3.8, 4) is 22.3 Å². The van der Waals surface area contributed by atoms with Gasteiger partial charge in [-0.3, -0.25) is 4.99 Å². The molecule has 3 nitrogen and oxygen atoms in total. The molecule has 0 fully saturated rings. The molecular weight excluding hydrogens is 819 g/mol. The van der Waals surface area contributed by atoms with E-state index in [-0.39, 0.29) is 0 Å². The summed E-state index contributed by atoms with van der Waals surface area (Å²) in [5, 5.41) is 2.22. The van der Waals surface area contributed by atoms with E-state index in [4.69, 9.17) is 9.98 Å². The van der Waals surface area contributed by atoms with Gasteiger partial charge in [0.1, 0.15) is 0 Å². The van der Waals surface area contributed by atoms with Crippen molar-refractivity contribution in [1.29, 1.82) is 0 Å². The molecule has 8 aromatic rings. The normalized spacial score (nSPS) is 16.2. The Morgan fingerprint density at radius 1 is 0.485 bits per heavy atom. The van der Waals surface area contributed by atoms with Gasteiger partial charge in [-0.2, -0.15) is 0 Å². The van der Waals surface area contributed by atoms with Gasteiger partial charge in [-0.25, -0.2) is 9.98 Å². The molecule has 0 amide bonds. The van der Waals surface area contributed by atoms with Gasteiger partial charge in [0.25, 0.3) is 0 Å². The van der Waals surface area contributed by atoms with Crippen LogP contribution in [-0.4, -0.2) is 18.4 Å². The molecule has 0 N–H and O–H groups in total. The number of nitrogens with zero attached hydrogens (tertiary/aromatic N) is 3. The molecule has 2 spiro atoms. The Morgan fingerprint density at radius 3 is 1.56 bits per heavy atom. The van der Waals surface area contributed by atoms with E-state index in [0.29, 0.717) is 18.2 Å². The van der Waals surface area contributed by atoms with Gasteiger partial charge in [0.2, 0.25) is 0 Å². The third kappa shape index (κ3) is 6.02. The first-order valence-electron chi connectivity index (χ1n) is 22.7. The Balaban J connectivity index is 0.00000238. The Morgan fingerprint density at radius 2 is 0.970 bits per heavy atom. The predicted octanol–water partition coefficient (Wildman–Crippen LogP) is 15.0. The van der Waals surface area contributed by atoms with E-state index in [2.05, 4.69) is 181 Å². The lowest BCUT2D eigenvalue weighted by Crippen LogP contribution is -2.44. The molecule has 4 aliphatic rings. The van der Waals surface area contributed by atoms with E-state index in [9.17, 15) is 0 Å². The van der Waals surface area contributed by atoms with Crippen molar-refractivity contribution in [1.82, 2.24) is 0 Å². The van der Waals surface area contributed by atoms with Crippen molar-refractivity contribution < 1.29 is 0 Å². The van der Waals surface area contributed by atoms with Gasteiger partial charge >= 0.3 is 0 Å². The summed E-state index contributed by atoms with van der Waals surface area (Å²) in [6.07, 6.45) is 6.36. The van der Waals surface area contributed by atoms with Gasteiger partial charge in [-0.1, -0.05) is 238 Å². The molecule has 8 aromatic carbocycles. The summed E-state index contributed by atoms with van der Waals surface area (Å²) < 4.78 is 0. The van der Waals surface area contributed by atoms with Crippen LogP contribution in [0.2, 0.25) is 0 Å². The summed E-state index contributed by atoms with van der Waals surface area (Å²) in [5.41, 5.74) is 19.3. The number of thioether (sulfide) groups is 1. The molecule has 1 aliphatic heterocycles. The molecule has 0 unspecified atom stereocenters. The highest BCUT2D eigenvalue weighted by Gasteiger charge is 2.59. The zero-order chi connectivity index (χ0) is 44.8. The second kappa shape index (κ2) is 16.7. The molecule has 0 radical (unpaired) electrons. The van der Waals surface area contributed by atoms with Crippen LogP contribution in [-0.2, 0) is 17.4 Å². The topological polar surface area (TPSA) is 37.1 Å². The highest BCUT2D eigenvalue weighted by atomic mass is 32.2. The van der Waals surface area contributed by atoms with Gasteiger partial charge < -0.3 is 0 Å². The van der Waals surface area contributed by atoms with Crippen molar-refractivity contribution in [2.75, 3.05) is 0 Å². The monoisotopic (exact) mass is 865 g/mol. The van der Waals surface area contributed by atoms with Crippen LogP contribution in [0.15, 0.2) is 238 Å². The van der Waals surface area contributed by atoms with Gasteiger partial charge in [-0.15, -0.1) is 0 Å². The molecule has 3 aliphatic carbocycles. The van der Waals surface area contributed by atoms with Crippen LogP contribution in [0, 0.1) is 0 Å². The van der Waals surface area contributed by atoms with Crippen molar-refractivity contribution in [3.05, 3.63) is 285 Å². The molecule has 316 valence electrons. The first-order chi connectivity index (χ1) is 32.6. The summed E-state index contributed by atoms with van der Waals surface area (Å²) in [5.74, 6) is 1.14. The molecule has 0 saturated carbocycles. The fourth-order valence-corrected chi connectivity index (χ4v) is 12.1. The number of benzene rings is 8. The average molecular weight is 866 g/mol. The maximum absolute atomic E-state index is 5.29. The van der Waals surface area contributed by atoms with Gasteiger partial charge in [-0.05, 0) is 95.6 Å². The second-order valence-electron chi connectivity index (χ2n) is 16.7. The third-order valence-electron chi connectivity index (χ3n) is 13.6. The van der Waals surface area contributed by atoms with E-state index in [1.54, 1.807) is 11.8 Å². The zero-order valence-electron chi connectivity index (χ0n) is 37.1. The van der Waals surface area contributed by atoms with Crippen LogP contribution in [0.1, 0.15) is 80.6 Å². The summed E-state index contributed by atoms with van der Waals surface area (Å²) >= 11 is 1.80. The molecule has 0 atom stereocenters. The van der Waals surface area contributed by atoms with Crippen LogP contribution in [0.3, 0.4) is 0 Å². The van der Waals surface area contributed by atoms with Crippen molar-refractivity contribution in [2.45, 2.75) is 36.1 Å². The zero-order valence-corrected chi connectivity index (χ0v) is 37.9. The quantitative estimate of drug-likeness (QED) is 0.128. The van der Waals surface area contributed by atoms with Gasteiger partial charge in [0, 0.05) is 16.0 Å². The fourth-order valence-electron chi connectivity index (χ4n) is 11.1. The Labute approximate surface area is 392 Å². The van der Waals surface area contributed by atoms with E-state index in [1.165, 1.54) is 71.7 Å².